The van der Waals surface area contributed by atoms with Gasteiger partial charge in [0.05, 0.1) is 22.8 Å². The highest BCUT2D eigenvalue weighted by Crippen LogP contribution is 2.62. The molecular formula is C48H42N4. The summed E-state index contributed by atoms with van der Waals surface area (Å²) in [7, 11) is 0. The van der Waals surface area contributed by atoms with Gasteiger partial charge in [0.25, 0.3) is 0 Å². The summed E-state index contributed by atoms with van der Waals surface area (Å²) in [5, 5.41) is 0. The van der Waals surface area contributed by atoms with Crippen molar-refractivity contribution in [3.05, 3.63) is 190 Å². The topological polar surface area (TPSA) is 53.4 Å². The van der Waals surface area contributed by atoms with Gasteiger partial charge in [-0.1, -0.05) is 171 Å². The van der Waals surface area contributed by atoms with Crippen LogP contribution in [-0.4, -0.2) is 21.4 Å². The van der Waals surface area contributed by atoms with Crippen molar-refractivity contribution in [2.24, 2.45) is 15.4 Å². The molecule has 3 aliphatic rings. The van der Waals surface area contributed by atoms with Crippen molar-refractivity contribution in [1.29, 1.82) is 0 Å². The highest BCUT2D eigenvalue weighted by atomic mass is 15.1. The predicted octanol–water partition coefficient (Wildman–Crippen LogP) is 11.4. The molecule has 1 aliphatic heterocycles. The zero-order chi connectivity index (χ0) is 35.1. The molecule has 254 valence electrons. The number of aromatic nitrogens is 2. The minimum atomic E-state index is -0.257. The summed E-state index contributed by atoms with van der Waals surface area (Å²) in [4.78, 5) is 19.7. The molecule has 6 aromatic rings. The summed E-state index contributed by atoms with van der Waals surface area (Å²) in [6, 6.07) is 49.2. The van der Waals surface area contributed by atoms with Crippen LogP contribution in [0, 0.1) is 5.41 Å². The van der Waals surface area contributed by atoms with Crippen LogP contribution in [0.15, 0.2) is 167 Å². The van der Waals surface area contributed by atoms with Crippen molar-refractivity contribution in [2.75, 3.05) is 0 Å². The molecule has 0 amide bonds. The molecule has 0 saturated heterocycles. The molecule has 5 aromatic carbocycles. The number of hydrogen-bond donors (Lipinski definition) is 1. The molecule has 9 rings (SSSR count). The summed E-state index contributed by atoms with van der Waals surface area (Å²) < 4.78 is 0. The lowest BCUT2D eigenvalue weighted by molar-refractivity contribution is 0.519. The smallest absolute Gasteiger partial charge is 0.166 e. The number of imidazole rings is 1. The number of nitrogens with zero attached hydrogens (tertiary/aromatic N) is 3. The molecule has 0 spiro atoms. The number of fused-ring (bicyclic) bond motifs is 1. The Morgan fingerprint density at radius 1 is 0.635 bits per heavy atom. The third kappa shape index (κ3) is 5.88. The Kier molecular flexibility index (Phi) is 8.23. The van der Waals surface area contributed by atoms with Crippen LogP contribution in [-0.2, 0) is 12.8 Å². The van der Waals surface area contributed by atoms with Gasteiger partial charge >= 0.3 is 0 Å². The van der Waals surface area contributed by atoms with Crippen LogP contribution in [0.4, 0.5) is 0 Å². The van der Waals surface area contributed by atoms with Gasteiger partial charge in [-0.05, 0) is 43.2 Å². The maximum atomic E-state index is 5.32. The molecule has 0 radical (unpaired) electrons. The molecule has 2 heterocycles. The number of H-pyrrole nitrogens is 1. The zero-order valence-electron chi connectivity index (χ0n) is 29.8. The molecule has 4 nitrogen and oxygen atoms in total. The van der Waals surface area contributed by atoms with E-state index >= 15 is 0 Å². The Balaban J connectivity index is 1.04. The third-order valence-corrected chi connectivity index (χ3v) is 11.1. The summed E-state index contributed by atoms with van der Waals surface area (Å²) in [5.41, 5.74) is 16.9. The van der Waals surface area contributed by atoms with Crippen molar-refractivity contribution in [2.45, 2.75) is 52.1 Å². The first-order valence-corrected chi connectivity index (χ1v) is 18.7. The van der Waals surface area contributed by atoms with E-state index in [0.717, 1.165) is 83.0 Å². The van der Waals surface area contributed by atoms with Gasteiger partial charge in [-0.25, -0.2) is 4.98 Å². The number of aryl methyl sites for hydroxylation is 1. The molecular weight excluding hydrogens is 633 g/mol. The van der Waals surface area contributed by atoms with Crippen LogP contribution < -0.4 is 0 Å². The van der Waals surface area contributed by atoms with E-state index in [4.69, 9.17) is 15.0 Å². The van der Waals surface area contributed by atoms with E-state index < -0.39 is 0 Å². The highest BCUT2D eigenvalue weighted by Gasteiger charge is 2.51. The zero-order valence-corrected chi connectivity index (χ0v) is 29.8. The highest BCUT2D eigenvalue weighted by molar-refractivity contribution is 6.54. The Labute approximate surface area is 306 Å². The quantitative estimate of drug-likeness (QED) is 0.154. The first kappa shape index (κ1) is 32.1. The van der Waals surface area contributed by atoms with Crippen molar-refractivity contribution < 1.29 is 0 Å². The fourth-order valence-electron chi connectivity index (χ4n) is 8.25. The van der Waals surface area contributed by atoms with Crippen LogP contribution in [0.3, 0.4) is 0 Å². The fourth-order valence-corrected chi connectivity index (χ4v) is 8.25. The Morgan fingerprint density at radius 3 is 1.79 bits per heavy atom. The van der Waals surface area contributed by atoms with Crippen molar-refractivity contribution in [3.8, 4) is 22.5 Å². The van der Waals surface area contributed by atoms with E-state index in [0.29, 0.717) is 0 Å². The standard InChI is InChI=1S/C48H42N4/c1-3-33-26-25-32(27-40(33)46-49-42(35-17-9-5-10-18-35)43(50-46)36-19-11-6-12-20-36)29-48-30-34(4-2)41(28-39(48)31-48)47-51-44(37-21-13-7-14-22-37)45(52-47)38-23-15-8-16-24-38/h5-28,46H,3-4,29-31H2,1-2H3,(H,51,52). The van der Waals surface area contributed by atoms with Crippen LogP contribution in [0.1, 0.15) is 72.9 Å². The molecule has 1 unspecified atom stereocenters. The van der Waals surface area contributed by atoms with Crippen molar-refractivity contribution in [1.82, 2.24) is 9.97 Å². The van der Waals surface area contributed by atoms with Gasteiger partial charge in [0, 0.05) is 38.8 Å². The average molecular weight is 675 g/mol. The normalized spacial score (nSPS) is 18.2. The minimum absolute atomic E-state index is 0.170. The van der Waals surface area contributed by atoms with Crippen LogP contribution in [0.25, 0.3) is 28.1 Å². The van der Waals surface area contributed by atoms with Gasteiger partial charge in [0.2, 0.25) is 0 Å². The molecule has 4 heteroatoms. The Morgan fingerprint density at radius 2 is 1.21 bits per heavy atom. The van der Waals surface area contributed by atoms with Crippen LogP contribution in [0.5, 0.6) is 0 Å². The number of allylic oxidation sites excluding steroid dienone is 4. The molecule has 2 aliphatic carbocycles. The number of benzene rings is 5. The summed E-state index contributed by atoms with van der Waals surface area (Å²) in [5.74, 6) is 0.970. The molecule has 52 heavy (non-hydrogen) atoms. The lowest BCUT2D eigenvalue weighted by Gasteiger charge is -2.23. The molecule has 1 aromatic heterocycles. The van der Waals surface area contributed by atoms with Gasteiger partial charge in [0.15, 0.2) is 6.17 Å². The van der Waals surface area contributed by atoms with Crippen LogP contribution >= 0.6 is 0 Å². The van der Waals surface area contributed by atoms with Gasteiger partial charge in [-0.3, -0.25) is 9.98 Å². The molecule has 1 N–H and O–H groups in total. The second kappa shape index (κ2) is 13.4. The third-order valence-electron chi connectivity index (χ3n) is 11.1. The number of aromatic amines is 1. The maximum Gasteiger partial charge on any atom is 0.166 e. The van der Waals surface area contributed by atoms with E-state index in [-0.39, 0.29) is 11.6 Å². The summed E-state index contributed by atoms with van der Waals surface area (Å²) in [6.45, 7) is 4.53. The Hall–Kier alpha value is -5.87. The second-order valence-electron chi connectivity index (χ2n) is 14.3. The van der Waals surface area contributed by atoms with E-state index in [1.807, 2.05) is 0 Å². The molecule has 1 atom stereocenters. The minimum Gasteiger partial charge on any atom is -0.337 e. The second-order valence-corrected chi connectivity index (χ2v) is 14.3. The maximum absolute atomic E-state index is 5.32. The lowest BCUT2D eigenvalue weighted by Crippen LogP contribution is -2.13. The monoisotopic (exact) mass is 674 g/mol. The molecule has 1 saturated carbocycles. The van der Waals surface area contributed by atoms with E-state index in [9.17, 15) is 0 Å². The van der Waals surface area contributed by atoms with Gasteiger partial charge in [-0.15, -0.1) is 0 Å². The SMILES string of the molecule is CCC1=C(c2nc(-c3ccccc3)c(-c3ccccc3)[nH]2)C=C2CC2(Cc2ccc(CC)c(C3N=C(c4ccccc4)C(c4ccccc4)=N3)c2)C1. The number of aliphatic imine (C=N–C) groups is 2. The van der Waals surface area contributed by atoms with Gasteiger partial charge in [0.1, 0.15) is 5.82 Å². The number of nitrogens with one attached hydrogen (secondary N) is 1. The summed E-state index contributed by atoms with van der Waals surface area (Å²) >= 11 is 0. The fraction of sp³-hybridized carbons (Fsp3) is 0.188. The summed E-state index contributed by atoms with van der Waals surface area (Å²) in [6.07, 6.45) is 7.35. The van der Waals surface area contributed by atoms with E-state index in [1.165, 1.54) is 33.4 Å². The van der Waals surface area contributed by atoms with E-state index in [1.54, 1.807) is 0 Å². The largest absolute Gasteiger partial charge is 0.337 e. The molecule has 1 fully saturated rings. The first-order chi connectivity index (χ1) is 25.6. The molecule has 0 bridgehead atoms. The number of hydrogen-bond acceptors (Lipinski definition) is 3. The van der Waals surface area contributed by atoms with Crippen molar-refractivity contribution >= 4 is 17.0 Å². The van der Waals surface area contributed by atoms with Crippen molar-refractivity contribution in [3.63, 3.8) is 0 Å². The first-order valence-electron chi connectivity index (χ1n) is 18.7. The predicted molar refractivity (Wildman–Crippen MR) is 215 cm³/mol. The van der Waals surface area contributed by atoms with Gasteiger partial charge < -0.3 is 4.98 Å². The average Bonchev–Trinajstić information content (AvgIpc) is 3.50. The van der Waals surface area contributed by atoms with E-state index in [2.05, 4.69) is 164 Å². The lowest BCUT2D eigenvalue weighted by atomic mass is 9.82. The Bertz CT molecular complexity index is 2270. The van der Waals surface area contributed by atoms with Gasteiger partial charge in [-0.2, -0.15) is 0 Å². The van der Waals surface area contributed by atoms with Crippen LogP contribution in [0.2, 0.25) is 0 Å². The number of rotatable bonds is 10.